The average Bonchev–Trinajstić information content (AvgIpc) is 3.50. The van der Waals surface area contributed by atoms with Crippen LogP contribution in [0.3, 0.4) is 0 Å². The fourth-order valence-electron chi connectivity index (χ4n) is 5.16. The number of benzene rings is 1. The van der Waals surface area contributed by atoms with Gasteiger partial charge in [-0.15, -0.1) is 0 Å². The minimum atomic E-state index is -0.0504. The Morgan fingerprint density at radius 2 is 1.85 bits per heavy atom. The normalized spacial score (nSPS) is 22.5. The first-order valence-corrected chi connectivity index (χ1v) is 12.1. The standard InChI is InChI=1S/C25H30N6O2/c32-24(27-19-5-6-19)18-3-7-20(8-4-18)30-12-10-29(11-13-30)16-17-14-21-23(26-15-17)31-9-1-2-22(31)25(33)28-21/h3-4,7-8,14-15,19,22H,1-2,5-6,9-13,16H2,(H,27,32)(H,28,33)/t22-/m0/s1. The molecule has 2 amide bonds. The van der Waals surface area contributed by atoms with Gasteiger partial charge in [-0.05, 0) is 61.6 Å². The molecule has 8 heteroatoms. The average molecular weight is 447 g/mol. The zero-order chi connectivity index (χ0) is 22.4. The van der Waals surface area contributed by atoms with Crippen LogP contribution < -0.4 is 20.4 Å². The predicted molar refractivity (Wildman–Crippen MR) is 128 cm³/mol. The molecule has 2 saturated heterocycles. The molecule has 3 fully saturated rings. The predicted octanol–water partition coefficient (Wildman–Crippen LogP) is 2.22. The van der Waals surface area contributed by atoms with Crippen LogP contribution >= 0.6 is 0 Å². The molecule has 2 N–H and O–H groups in total. The number of amides is 2. The van der Waals surface area contributed by atoms with E-state index >= 15 is 0 Å². The number of fused-ring (bicyclic) bond motifs is 3. The Morgan fingerprint density at radius 3 is 2.61 bits per heavy atom. The van der Waals surface area contributed by atoms with Crippen LogP contribution in [0.2, 0.25) is 0 Å². The Labute approximate surface area is 193 Å². The number of carbonyl (C=O) groups is 2. The molecule has 0 bridgehead atoms. The fourth-order valence-corrected chi connectivity index (χ4v) is 5.16. The van der Waals surface area contributed by atoms with Crippen molar-refractivity contribution in [3.8, 4) is 0 Å². The van der Waals surface area contributed by atoms with Crippen molar-refractivity contribution in [2.24, 2.45) is 0 Å². The topological polar surface area (TPSA) is 80.8 Å². The van der Waals surface area contributed by atoms with Crippen LogP contribution in [-0.4, -0.2) is 66.5 Å². The summed E-state index contributed by atoms with van der Waals surface area (Å²) in [6.07, 6.45) is 6.12. The fraction of sp³-hybridized carbons (Fsp3) is 0.480. The monoisotopic (exact) mass is 446 g/mol. The van der Waals surface area contributed by atoms with Crippen molar-refractivity contribution in [1.29, 1.82) is 0 Å². The number of hydrogen-bond donors (Lipinski definition) is 2. The van der Waals surface area contributed by atoms with Crippen molar-refractivity contribution < 1.29 is 9.59 Å². The largest absolute Gasteiger partial charge is 0.369 e. The highest BCUT2D eigenvalue weighted by Crippen LogP contribution is 2.35. The first kappa shape index (κ1) is 20.5. The van der Waals surface area contributed by atoms with Gasteiger partial charge in [0.2, 0.25) is 5.91 Å². The molecular weight excluding hydrogens is 416 g/mol. The van der Waals surface area contributed by atoms with Gasteiger partial charge in [0, 0.05) is 62.8 Å². The van der Waals surface area contributed by atoms with Crippen molar-refractivity contribution in [1.82, 2.24) is 15.2 Å². The van der Waals surface area contributed by atoms with E-state index in [1.54, 1.807) is 0 Å². The second kappa shape index (κ2) is 8.33. The van der Waals surface area contributed by atoms with Gasteiger partial charge in [0.05, 0.1) is 5.69 Å². The Kier molecular flexibility index (Phi) is 5.17. The van der Waals surface area contributed by atoms with Gasteiger partial charge in [-0.2, -0.15) is 0 Å². The van der Waals surface area contributed by atoms with E-state index in [1.165, 1.54) is 0 Å². The van der Waals surface area contributed by atoms with Gasteiger partial charge in [0.15, 0.2) is 5.82 Å². The third kappa shape index (κ3) is 4.15. The Balaban J connectivity index is 1.05. The van der Waals surface area contributed by atoms with Crippen molar-refractivity contribution in [2.45, 2.75) is 44.3 Å². The molecule has 8 nitrogen and oxygen atoms in total. The molecule has 33 heavy (non-hydrogen) atoms. The summed E-state index contributed by atoms with van der Waals surface area (Å²) in [5, 5.41) is 6.11. The Morgan fingerprint density at radius 1 is 1.06 bits per heavy atom. The Bertz CT molecular complexity index is 1060. The van der Waals surface area contributed by atoms with Crippen LogP contribution in [-0.2, 0) is 11.3 Å². The van der Waals surface area contributed by atoms with Crippen LogP contribution in [0.15, 0.2) is 36.5 Å². The summed E-state index contributed by atoms with van der Waals surface area (Å²) >= 11 is 0. The number of piperazine rings is 1. The maximum absolute atomic E-state index is 12.4. The molecule has 1 aromatic heterocycles. The van der Waals surface area contributed by atoms with Crippen molar-refractivity contribution in [2.75, 3.05) is 47.8 Å². The molecule has 1 atom stereocenters. The van der Waals surface area contributed by atoms with Gasteiger partial charge in [0.1, 0.15) is 6.04 Å². The minimum Gasteiger partial charge on any atom is -0.369 e. The van der Waals surface area contributed by atoms with Crippen LogP contribution in [0, 0.1) is 0 Å². The molecule has 1 saturated carbocycles. The second-order valence-corrected chi connectivity index (χ2v) is 9.61. The smallest absolute Gasteiger partial charge is 0.251 e. The summed E-state index contributed by atoms with van der Waals surface area (Å²) in [5.41, 5.74) is 3.87. The lowest BCUT2D eigenvalue weighted by Crippen LogP contribution is -2.46. The van der Waals surface area contributed by atoms with Crippen LogP contribution in [0.4, 0.5) is 17.2 Å². The van der Waals surface area contributed by atoms with E-state index in [1.807, 2.05) is 18.3 Å². The molecule has 4 aliphatic rings. The molecule has 2 aromatic rings. The lowest BCUT2D eigenvalue weighted by Gasteiger charge is -2.36. The maximum Gasteiger partial charge on any atom is 0.251 e. The van der Waals surface area contributed by atoms with Crippen molar-refractivity contribution >= 4 is 29.0 Å². The molecule has 6 rings (SSSR count). The zero-order valence-corrected chi connectivity index (χ0v) is 18.8. The third-order valence-corrected chi connectivity index (χ3v) is 7.19. The second-order valence-electron chi connectivity index (χ2n) is 9.61. The zero-order valence-electron chi connectivity index (χ0n) is 18.8. The molecule has 1 aliphatic carbocycles. The van der Waals surface area contributed by atoms with E-state index in [2.05, 4.69) is 43.5 Å². The van der Waals surface area contributed by atoms with Gasteiger partial charge in [-0.1, -0.05) is 0 Å². The number of pyridine rings is 1. The molecule has 1 aromatic carbocycles. The number of aromatic nitrogens is 1. The lowest BCUT2D eigenvalue weighted by molar-refractivity contribution is -0.117. The highest BCUT2D eigenvalue weighted by molar-refractivity contribution is 6.03. The molecule has 3 aliphatic heterocycles. The lowest BCUT2D eigenvalue weighted by atomic mass is 10.1. The van der Waals surface area contributed by atoms with Gasteiger partial charge in [-0.25, -0.2) is 4.98 Å². The van der Waals surface area contributed by atoms with Gasteiger partial charge >= 0.3 is 0 Å². The number of carbonyl (C=O) groups excluding carboxylic acids is 2. The summed E-state index contributed by atoms with van der Waals surface area (Å²) in [7, 11) is 0. The van der Waals surface area contributed by atoms with Gasteiger partial charge < -0.3 is 20.4 Å². The number of rotatable bonds is 5. The van der Waals surface area contributed by atoms with Crippen LogP contribution in [0.1, 0.15) is 41.6 Å². The first-order chi connectivity index (χ1) is 16.1. The van der Waals surface area contributed by atoms with Crippen LogP contribution in [0.5, 0.6) is 0 Å². The number of hydrogen-bond acceptors (Lipinski definition) is 6. The number of anilines is 3. The molecular formula is C25H30N6O2. The highest BCUT2D eigenvalue weighted by Gasteiger charge is 2.37. The third-order valence-electron chi connectivity index (χ3n) is 7.19. The summed E-state index contributed by atoms with van der Waals surface area (Å²) in [6, 6.07) is 10.4. The summed E-state index contributed by atoms with van der Waals surface area (Å²) < 4.78 is 0. The molecule has 4 heterocycles. The van der Waals surface area contributed by atoms with Gasteiger partial charge in [-0.3, -0.25) is 14.5 Å². The maximum atomic E-state index is 12.4. The van der Waals surface area contributed by atoms with E-state index in [0.717, 1.165) is 93.3 Å². The number of nitrogens with zero attached hydrogens (tertiary/aromatic N) is 4. The molecule has 0 radical (unpaired) electrons. The van der Waals surface area contributed by atoms with Crippen LogP contribution in [0.25, 0.3) is 0 Å². The highest BCUT2D eigenvalue weighted by atomic mass is 16.2. The Hall–Kier alpha value is -3.13. The SMILES string of the molecule is O=C(NC1CC1)c1ccc(N2CCN(Cc3cnc4c(c3)NC(=O)[C@@H]3CCCN43)CC2)cc1. The summed E-state index contributed by atoms with van der Waals surface area (Å²) in [4.78, 5) is 36.3. The van der Waals surface area contributed by atoms with E-state index in [0.29, 0.717) is 6.04 Å². The van der Waals surface area contributed by atoms with E-state index in [-0.39, 0.29) is 17.9 Å². The van der Waals surface area contributed by atoms with E-state index in [9.17, 15) is 9.59 Å². The van der Waals surface area contributed by atoms with Crippen molar-refractivity contribution in [3.05, 3.63) is 47.7 Å². The van der Waals surface area contributed by atoms with E-state index in [4.69, 9.17) is 4.98 Å². The van der Waals surface area contributed by atoms with Gasteiger partial charge in [0.25, 0.3) is 5.91 Å². The van der Waals surface area contributed by atoms with E-state index < -0.39 is 0 Å². The molecule has 0 unspecified atom stereocenters. The van der Waals surface area contributed by atoms with Crippen molar-refractivity contribution in [3.63, 3.8) is 0 Å². The molecule has 0 spiro atoms. The molecule has 172 valence electrons. The number of nitrogens with one attached hydrogen (secondary N) is 2. The minimum absolute atomic E-state index is 0.0315. The summed E-state index contributed by atoms with van der Waals surface area (Å²) in [6.45, 7) is 5.54. The summed E-state index contributed by atoms with van der Waals surface area (Å²) in [5.74, 6) is 1.05. The quantitative estimate of drug-likeness (QED) is 0.733. The first-order valence-electron chi connectivity index (χ1n) is 12.1.